The van der Waals surface area contributed by atoms with Crippen LogP contribution in [-0.2, 0) is 10.0 Å². The van der Waals surface area contributed by atoms with E-state index in [1.54, 1.807) is 37.6 Å². The molecule has 0 saturated carbocycles. The lowest BCUT2D eigenvalue weighted by molar-refractivity contribution is 0.412. The van der Waals surface area contributed by atoms with Gasteiger partial charge in [0, 0.05) is 5.56 Å². The highest BCUT2D eigenvalue weighted by Gasteiger charge is 2.28. The molecular formula is C15H12BrN3O3S. The van der Waals surface area contributed by atoms with Gasteiger partial charge in [-0.3, -0.25) is 5.43 Å². The van der Waals surface area contributed by atoms with E-state index in [4.69, 9.17) is 4.74 Å². The average molecular weight is 394 g/mol. The Kier molecular flexibility index (Phi) is 4.18. The fourth-order valence-electron chi connectivity index (χ4n) is 2.12. The number of ether oxygens (including phenoxy) is 1. The van der Waals surface area contributed by atoms with Gasteiger partial charge in [0.05, 0.1) is 17.8 Å². The molecule has 0 atom stereocenters. The maximum absolute atomic E-state index is 11.9. The van der Waals surface area contributed by atoms with Crippen molar-refractivity contribution >= 4 is 38.0 Å². The Morgan fingerprint density at radius 1 is 1.26 bits per heavy atom. The molecule has 1 N–H and O–H groups in total. The molecule has 2 aromatic rings. The summed E-state index contributed by atoms with van der Waals surface area (Å²) in [6.07, 6.45) is 1.57. The highest BCUT2D eigenvalue weighted by atomic mass is 79.9. The molecular weight excluding hydrogens is 382 g/mol. The van der Waals surface area contributed by atoms with Crippen LogP contribution in [0, 0.1) is 0 Å². The van der Waals surface area contributed by atoms with Crippen molar-refractivity contribution in [1.29, 1.82) is 0 Å². The number of hydrogen-bond acceptors (Lipinski definition) is 5. The van der Waals surface area contributed by atoms with Crippen LogP contribution in [0.25, 0.3) is 0 Å². The molecule has 8 heteroatoms. The number of methoxy groups -OCH3 is 1. The number of rotatable bonds is 3. The minimum absolute atomic E-state index is 0.185. The summed E-state index contributed by atoms with van der Waals surface area (Å²) in [6, 6.07) is 12.1. The standard InChI is InChI=1S/C15H12BrN3O3S/c1-22-13-7-6-10(8-12(13)16)9-17-18-15-11-4-2-3-5-14(11)23(20,21)19-15/h2-9H,1H3,(H,18,19)/b17-9+. The van der Waals surface area contributed by atoms with Crippen LogP contribution in [0.1, 0.15) is 11.1 Å². The summed E-state index contributed by atoms with van der Waals surface area (Å²) >= 11 is 3.39. The van der Waals surface area contributed by atoms with Gasteiger partial charge in [-0.1, -0.05) is 12.1 Å². The maximum Gasteiger partial charge on any atom is 0.285 e. The largest absolute Gasteiger partial charge is 0.496 e. The number of benzene rings is 2. The molecule has 1 aliphatic rings. The Balaban J connectivity index is 1.80. The van der Waals surface area contributed by atoms with E-state index in [1.807, 2.05) is 12.1 Å². The van der Waals surface area contributed by atoms with Crippen molar-refractivity contribution in [2.24, 2.45) is 9.50 Å². The highest BCUT2D eigenvalue weighted by Crippen LogP contribution is 2.26. The molecule has 1 aliphatic heterocycles. The molecule has 0 amide bonds. The monoisotopic (exact) mass is 393 g/mol. The normalized spacial score (nSPS) is 15.3. The highest BCUT2D eigenvalue weighted by molar-refractivity contribution is 9.10. The average Bonchev–Trinajstić information content (AvgIpc) is 2.79. The van der Waals surface area contributed by atoms with Crippen molar-refractivity contribution in [1.82, 2.24) is 5.43 Å². The molecule has 0 radical (unpaired) electrons. The molecule has 0 spiro atoms. The van der Waals surface area contributed by atoms with Gasteiger partial charge in [-0.15, -0.1) is 4.40 Å². The zero-order valence-electron chi connectivity index (χ0n) is 12.0. The first kappa shape index (κ1) is 15.7. The Morgan fingerprint density at radius 3 is 2.78 bits per heavy atom. The maximum atomic E-state index is 11.9. The summed E-state index contributed by atoms with van der Waals surface area (Å²) in [5.74, 6) is 0.930. The van der Waals surface area contributed by atoms with Crippen LogP contribution >= 0.6 is 15.9 Å². The third kappa shape index (κ3) is 3.13. The molecule has 6 nitrogen and oxygen atoms in total. The summed E-state index contributed by atoms with van der Waals surface area (Å²) in [5.41, 5.74) is 4.02. The quantitative estimate of drug-likeness (QED) is 0.641. The molecule has 0 saturated heterocycles. The third-order valence-electron chi connectivity index (χ3n) is 3.19. The van der Waals surface area contributed by atoms with Crippen molar-refractivity contribution in [3.8, 4) is 5.75 Å². The number of halogens is 1. The van der Waals surface area contributed by atoms with Gasteiger partial charge in [0.15, 0.2) is 5.84 Å². The Labute approximate surface area is 142 Å². The van der Waals surface area contributed by atoms with Crippen LogP contribution in [0.5, 0.6) is 5.75 Å². The second-order valence-corrected chi connectivity index (χ2v) is 7.10. The molecule has 0 unspecified atom stereocenters. The van der Waals surface area contributed by atoms with Gasteiger partial charge in [-0.2, -0.15) is 13.5 Å². The number of nitrogens with one attached hydrogen (secondary N) is 1. The number of hydrogen-bond donors (Lipinski definition) is 1. The second kappa shape index (κ2) is 6.13. The van der Waals surface area contributed by atoms with Gasteiger partial charge >= 0.3 is 0 Å². The second-order valence-electron chi connectivity index (χ2n) is 4.68. The van der Waals surface area contributed by atoms with E-state index in [0.29, 0.717) is 5.56 Å². The number of hydrazone groups is 1. The van der Waals surface area contributed by atoms with Gasteiger partial charge < -0.3 is 4.74 Å². The fourth-order valence-corrected chi connectivity index (χ4v) is 3.85. The van der Waals surface area contributed by atoms with E-state index in [9.17, 15) is 8.42 Å². The first-order valence-electron chi connectivity index (χ1n) is 6.58. The van der Waals surface area contributed by atoms with E-state index in [2.05, 4.69) is 30.9 Å². The lowest BCUT2D eigenvalue weighted by atomic mass is 10.2. The summed E-state index contributed by atoms with van der Waals surface area (Å²) in [7, 11) is -2.05. The van der Waals surface area contributed by atoms with E-state index < -0.39 is 10.0 Å². The molecule has 23 heavy (non-hydrogen) atoms. The van der Waals surface area contributed by atoms with Crippen molar-refractivity contribution in [3.05, 3.63) is 58.1 Å². The Bertz CT molecular complexity index is 923. The van der Waals surface area contributed by atoms with Gasteiger partial charge in [0.2, 0.25) is 0 Å². The smallest absolute Gasteiger partial charge is 0.285 e. The van der Waals surface area contributed by atoms with Crippen LogP contribution in [-0.4, -0.2) is 27.6 Å². The molecule has 0 aliphatic carbocycles. The topological polar surface area (TPSA) is 80.1 Å². The predicted molar refractivity (Wildman–Crippen MR) is 91.6 cm³/mol. The predicted octanol–water partition coefficient (Wildman–Crippen LogP) is 2.53. The van der Waals surface area contributed by atoms with E-state index >= 15 is 0 Å². The lowest BCUT2D eigenvalue weighted by Gasteiger charge is -2.03. The van der Waals surface area contributed by atoms with Crippen molar-refractivity contribution < 1.29 is 13.2 Å². The van der Waals surface area contributed by atoms with Gasteiger partial charge in [-0.25, -0.2) is 0 Å². The lowest BCUT2D eigenvalue weighted by Crippen LogP contribution is -2.17. The van der Waals surface area contributed by atoms with Crippen LogP contribution in [0.3, 0.4) is 0 Å². The molecule has 118 valence electrons. The van der Waals surface area contributed by atoms with Crippen molar-refractivity contribution in [2.45, 2.75) is 4.90 Å². The molecule has 2 aromatic carbocycles. The zero-order chi connectivity index (χ0) is 16.4. The minimum Gasteiger partial charge on any atom is -0.496 e. The summed E-state index contributed by atoms with van der Waals surface area (Å²) in [5, 5.41) is 4.05. The van der Waals surface area contributed by atoms with E-state index in [0.717, 1.165) is 15.8 Å². The van der Waals surface area contributed by atoms with Crippen molar-refractivity contribution in [3.63, 3.8) is 0 Å². The van der Waals surface area contributed by atoms with Crippen LogP contribution in [0.2, 0.25) is 0 Å². The number of nitrogens with zero attached hydrogens (tertiary/aromatic N) is 2. The molecule has 0 fully saturated rings. The summed E-state index contributed by atoms with van der Waals surface area (Å²) in [6.45, 7) is 0. The first-order valence-corrected chi connectivity index (χ1v) is 8.81. The fraction of sp³-hybridized carbons (Fsp3) is 0.0667. The van der Waals surface area contributed by atoms with Crippen LogP contribution in [0.4, 0.5) is 0 Å². The first-order chi connectivity index (χ1) is 11.0. The summed E-state index contributed by atoms with van der Waals surface area (Å²) in [4.78, 5) is 0.185. The Hall–Kier alpha value is -2.19. The van der Waals surface area contributed by atoms with E-state index in [-0.39, 0.29) is 10.7 Å². The van der Waals surface area contributed by atoms with E-state index in [1.165, 1.54) is 6.07 Å². The Morgan fingerprint density at radius 2 is 2.04 bits per heavy atom. The number of fused-ring (bicyclic) bond motifs is 1. The van der Waals surface area contributed by atoms with Gasteiger partial charge in [-0.05, 0) is 51.8 Å². The molecule has 3 rings (SSSR count). The number of sulfonamides is 1. The minimum atomic E-state index is -3.64. The van der Waals surface area contributed by atoms with Gasteiger partial charge in [0.1, 0.15) is 10.6 Å². The van der Waals surface area contributed by atoms with Crippen LogP contribution in [0.15, 0.2) is 61.3 Å². The molecule has 0 aromatic heterocycles. The van der Waals surface area contributed by atoms with Gasteiger partial charge in [0.25, 0.3) is 10.0 Å². The molecule has 1 heterocycles. The number of amidine groups is 1. The summed E-state index contributed by atoms with van der Waals surface area (Å²) < 4.78 is 33.5. The SMILES string of the molecule is COc1ccc(/C=N/NC2=NS(=O)(=O)c3ccccc32)cc1Br. The zero-order valence-corrected chi connectivity index (χ0v) is 14.4. The van der Waals surface area contributed by atoms with Crippen LogP contribution < -0.4 is 10.2 Å². The molecule has 0 bridgehead atoms. The van der Waals surface area contributed by atoms with Crippen molar-refractivity contribution in [2.75, 3.05) is 7.11 Å². The third-order valence-corrected chi connectivity index (χ3v) is 5.15.